The van der Waals surface area contributed by atoms with Gasteiger partial charge in [0.2, 0.25) is 0 Å². The molecule has 5 heteroatoms. The normalized spacial score (nSPS) is 15.2. The van der Waals surface area contributed by atoms with E-state index in [0.29, 0.717) is 28.7 Å². The van der Waals surface area contributed by atoms with Gasteiger partial charge in [-0.2, -0.15) is 0 Å². The maximum atomic E-state index is 12.8. The zero-order chi connectivity index (χ0) is 17.9. The number of rotatable bonds is 6. The van der Waals surface area contributed by atoms with Crippen molar-refractivity contribution < 1.29 is 14.3 Å². The van der Waals surface area contributed by atoms with Gasteiger partial charge in [-0.1, -0.05) is 23.7 Å². The molecule has 3 rings (SSSR count). The Kier molecular flexibility index (Phi) is 5.19. The van der Waals surface area contributed by atoms with Crippen LogP contribution in [0.25, 0.3) is 0 Å². The second-order valence-electron chi connectivity index (χ2n) is 6.20. The van der Waals surface area contributed by atoms with Gasteiger partial charge in [-0.05, 0) is 62.1 Å². The third kappa shape index (κ3) is 3.59. The third-order valence-corrected chi connectivity index (χ3v) is 4.93. The van der Waals surface area contributed by atoms with E-state index in [9.17, 15) is 4.79 Å². The van der Waals surface area contributed by atoms with Crippen molar-refractivity contribution in [2.24, 2.45) is 0 Å². The highest BCUT2D eigenvalue weighted by Crippen LogP contribution is 2.42. The first kappa shape index (κ1) is 17.6. The number of carbonyl (C=O) groups excluding carboxylic acids is 1. The predicted molar refractivity (Wildman–Crippen MR) is 98.6 cm³/mol. The number of methoxy groups -OCH3 is 1. The Hall–Kier alpha value is -2.20. The summed E-state index contributed by atoms with van der Waals surface area (Å²) in [5.74, 6) is 1.08. The second kappa shape index (κ2) is 7.36. The molecule has 0 heterocycles. The molecule has 1 aliphatic carbocycles. The van der Waals surface area contributed by atoms with Crippen LogP contribution in [0, 0.1) is 0 Å². The van der Waals surface area contributed by atoms with Crippen molar-refractivity contribution in [3.8, 4) is 11.5 Å². The number of benzene rings is 2. The van der Waals surface area contributed by atoms with Gasteiger partial charge in [0, 0.05) is 10.6 Å². The maximum absolute atomic E-state index is 12.8. The Morgan fingerprint density at radius 2 is 1.88 bits per heavy atom. The number of ether oxygens (including phenoxy) is 2. The van der Waals surface area contributed by atoms with Gasteiger partial charge in [-0.3, -0.25) is 4.79 Å². The molecule has 2 aromatic rings. The van der Waals surface area contributed by atoms with Crippen molar-refractivity contribution in [2.45, 2.75) is 31.7 Å². The lowest BCUT2D eigenvalue weighted by Crippen LogP contribution is -2.50. The van der Waals surface area contributed by atoms with Crippen molar-refractivity contribution >= 4 is 17.5 Å². The molecular weight excluding hydrogens is 338 g/mol. The molecule has 1 N–H and O–H groups in total. The van der Waals surface area contributed by atoms with E-state index in [4.69, 9.17) is 21.1 Å². The van der Waals surface area contributed by atoms with Gasteiger partial charge in [-0.15, -0.1) is 0 Å². The van der Waals surface area contributed by atoms with Crippen LogP contribution in [0.15, 0.2) is 42.5 Å². The van der Waals surface area contributed by atoms with Crippen molar-refractivity contribution in [2.75, 3.05) is 13.7 Å². The average Bonchev–Trinajstić information content (AvgIpc) is 2.59. The van der Waals surface area contributed by atoms with Gasteiger partial charge in [0.05, 0.1) is 19.3 Å². The van der Waals surface area contributed by atoms with E-state index >= 15 is 0 Å². The Labute approximate surface area is 153 Å². The second-order valence-corrected chi connectivity index (χ2v) is 6.63. The molecule has 2 aromatic carbocycles. The fourth-order valence-corrected chi connectivity index (χ4v) is 3.29. The van der Waals surface area contributed by atoms with Crippen LogP contribution < -0.4 is 14.8 Å². The molecular formula is C20H22ClNO3. The summed E-state index contributed by atoms with van der Waals surface area (Å²) >= 11 is 5.99. The fourth-order valence-electron chi connectivity index (χ4n) is 3.16. The number of carbonyl (C=O) groups is 1. The largest absolute Gasteiger partial charge is 0.493 e. The highest BCUT2D eigenvalue weighted by atomic mass is 35.5. The molecule has 0 atom stereocenters. The zero-order valence-electron chi connectivity index (χ0n) is 14.5. The van der Waals surface area contributed by atoms with E-state index < -0.39 is 0 Å². The van der Waals surface area contributed by atoms with Crippen LogP contribution in [-0.4, -0.2) is 19.6 Å². The van der Waals surface area contributed by atoms with Crippen molar-refractivity contribution in [3.63, 3.8) is 0 Å². The predicted octanol–water partition coefficient (Wildman–Crippen LogP) is 4.56. The van der Waals surface area contributed by atoms with Gasteiger partial charge < -0.3 is 14.8 Å². The molecule has 4 nitrogen and oxygen atoms in total. The van der Waals surface area contributed by atoms with Crippen LogP contribution in [-0.2, 0) is 5.54 Å². The summed E-state index contributed by atoms with van der Waals surface area (Å²) in [6.07, 6.45) is 2.94. The first-order valence-electron chi connectivity index (χ1n) is 8.47. The molecule has 1 fully saturated rings. The molecule has 1 amide bonds. The molecule has 0 aliphatic heterocycles. The highest BCUT2D eigenvalue weighted by molar-refractivity contribution is 6.30. The molecule has 0 unspecified atom stereocenters. The van der Waals surface area contributed by atoms with Crippen LogP contribution in [0.5, 0.6) is 11.5 Å². The van der Waals surface area contributed by atoms with E-state index in [0.717, 1.165) is 24.8 Å². The van der Waals surface area contributed by atoms with E-state index in [1.807, 2.05) is 31.2 Å². The summed E-state index contributed by atoms with van der Waals surface area (Å²) in [6, 6.07) is 12.9. The van der Waals surface area contributed by atoms with Crippen molar-refractivity contribution in [1.82, 2.24) is 5.32 Å². The van der Waals surface area contributed by atoms with Crippen molar-refractivity contribution in [1.29, 1.82) is 0 Å². The monoisotopic (exact) mass is 359 g/mol. The Morgan fingerprint density at radius 3 is 2.44 bits per heavy atom. The minimum absolute atomic E-state index is 0.113. The number of hydrogen-bond donors (Lipinski definition) is 1. The standard InChI is InChI=1S/C20H22ClNO3/c1-3-25-18-13-14(5-10-17(18)24-2)19(23)22-20(11-4-12-20)15-6-8-16(21)9-7-15/h5-10,13H,3-4,11-12H2,1-2H3,(H,22,23). The Bertz CT molecular complexity index is 754. The number of halogens is 1. The molecule has 1 aliphatic rings. The van der Waals surface area contributed by atoms with Crippen LogP contribution in [0.3, 0.4) is 0 Å². The van der Waals surface area contributed by atoms with Gasteiger partial charge in [-0.25, -0.2) is 0 Å². The van der Waals surface area contributed by atoms with Crippen molar-refractivity contribution in [3.05, 3.63) is 58.6 Å². The van der Waals surface area contributed by atoms with Gasteiger partial charge in [0.1, 0.15) is 0 Å². The van der Waals surface area contributed by atoms with Crippen LogP contribution >= 0.6 is 11.6 Å². The minimum atomic E-state index is -0.312. The molecule has 0 radical (unpaired) electrons. The molecule has 0 saturated heterocycles. The molecule has 1 saturated carbocycles. The summed E-state index contributed by atoms with van der Waals surface area (Å²) in [5.41, 5.74) is 1.34. The lowest BCUT2D eigenvalue weighted by molar-refractivity contribution is 0.0823. The molecule has 0 aromatic heterocycles. The van der Waals surface area contributed by atoms with E-state index in [2.05, 4.69) is 5.32 Å². The van der Waals surface area contributed by atoms with E-state index in [1.165, 1.54) is 0 Å². The molecule has 25 heavy (non-hydrogen) atoms. The first-order chi connectivity index (χ1) is 12.1. The lowest BCUT2D eigenvalue weighted by atomic mass is 9.71. The summed E-state index contributed by atoms with van der Waals surface area (Å²) in [7, 11) is 1.58. The van der Waals surface area contributed by atoms with Gasteiger partial charge >= 0.3 is 0 Å². The summed E-state index contributed by atoms with van der Waals surface area (Å²) in [6.45, 7) is 2.41. The highest BCUT2D eigenvalue weighted by Gasteiger charge is 2.40. The zero-order valence-corrected chi connectivity index (χ0v) is 15.2. The van der Waals surface area contributed by atoms with Crippen LogP contribution in [0.4, 0.5) is 0 Å². The number of amides is 1. The van der Waals surface area contributed by atoms with Crippen LogP contribution in [0.1, 0.15) is 42.1 Å². The Morgan fingerprint density at radius 1 is 1.16 bits per heavy atom. The average molecular weight is 360 g/mol. The van der Waals surface area contributed by atoms with Crippen LogP contribution in [0.2, 0.25) is 5.02 Å². The summed E-state index contributed by atoms with van der Waals surface area (Å²) in [5, 5.41) is 3.91. The number of nitrogens with one attached hydrogen (secondary N) is 1. The lowest BCUT2D eigenvalue weighted by Gasteiger charge is -2.43. The fraction of sp³-hybridized carbons (Fsp3) is 0.350. The topological polar surface area (TPSA) is 47.6 Å². The minimum Gasteiger partial charge on any atom is -0.493 e. The summed E-state index contributed by atoms with van der Waals surface area (Å²) in [4.78, 5) is 12.8. The SMILES string of the molecule is CCOc1cc(C(=O)NC2(c3ccc(Cl)cc3)CCC2)ccc1OC. The van der Waals surface area contributed by atoms with E-state index in [1.54, 1.807) is 25.3 Å². The quantitative estimate of drug-likeness (QED) is 0.822. The summed E-state index contributed by atoms with van der Waals surface area (Å²) < 4.78 is 10.8. The smallest absolute Gasteiger partial charge is 0.252 e. The third-order valence-electron chi connectivity index (χ3n) is 4.68. The molecule has 0 bridgehead atoms. The van der Waals surface area contributed by atoms with E-state index in [-0.39, 0.29) is 11.4 Å². The first-order valence-corrected chi connectivity index (χ1v) is 8.85. The number of hydrogen-bond acceptors (Lipinski definition) is 3. The Balaban J connectivity index is 1.83. The van der Waals surface area contributed by atoms with Gasteiger partial charge in [0.25, 0.3) is 5.91 Å². The molecule has 0 spiro atoms. The maximum Gasteiger partial charge on any atom is 0.252 e. The van der Waals surface area contributed by atoms with Gasteiger partial charge in [0.15, 0.2) is 11.5 Å². The molecule has 132 valence electrons.